The van der Waals surface area contributed by atoms with Crippen LogP contribution in [-0.4, -0.2) is 67.6 Å². The van der Waals surface area contributed by atoms with Crippen LogP contribution in [0, 0.1) is 16.7 Å². The highest BCUT2D eigenvalue weighted by Crippen LogP contribution is 2.62. The molecule has 1 heterocycles. The maximum atomic E-state index is 14.0. The minimum Gasteiger partial charge on any atom is -0.504 e. The Hall–Kier alpha value is -3.56. The van der Waals surface area contributed by atoms with Crippen molar-refractivity contribution in [3.05, 3.63) is 70.0 Å². The van der Waals surface area contributed by atoms with Gasteiger partial charge in [0, 0.05) is 55.9 Å². The summed E-state index contributed by atoms with van der Waals surface area (Å²) in [5.41, 5.74) is 0.0333. The molecule has 1 aromatic rings. The molecule has 3 aliphatic carbocycles. The molecule has 2 N–H and O–H groups in total. The van der Waals surface area contributed by atoms with Gasteiger partial charge in [-0.25, -0.2) is 4.79 Å². The first-order valence-corrected chi connectivity index (χ1v) is 14.1. The number of carbonyl (C=O) groups is 4. The number of aliphatic hydroxyl groups is 1. The topological polar surface area (TPSA) is 128 Å². The molecule has 0 aromatic heterocycles. The van der Waals surface area contributed by atoms with Gasteiger partial charge in [-0.2, -0.15) is 0 Å². The predicted molar refractivity (Wildman–Crippen MR) is 149 cm³/mol. The van der Waals surface area contributed by atoms with Crippen molar-refractivity contribution in [1.29, 1.82) is 0 Å². The van der Waals surface area contributed by atoms with Gasteiger partial charge in [0.25, 0.3) is 0 Å². The van der Waals surface area contributed by atoms with E-state index in [1.807, 2.05) is 30.3 Å². The van der Waals surface area contributed by atoms with E-state index in [4.69, 9.17) is 14.2 Å². The van der Waals surface area contributed by atoms with Crippen LogP contribution in [-0.2, 0) is 39.8 Å². The van der Waals surface area contributed by atoms with E-state index in [-0.39, 0.29) is 30.0 Å². The van der Waals surface area contributed by atoms with Gasteiger partial charge >= 0.3 is 11.9 Å². The Bertz CT molecular complexity index is 1370. The third kappa shape index (κ3) is 4.75. The van der Waals surface area contributed by atoms with Crippen molar-refractivity contribution in [1.82, 2.24) is 5.32 Å². The summed E-state index contributed by atoms with van der Waals surface area (Å²) >= 11 is 0. The Kier molecular flexibility index (Phi) is 7.78. The Morgan fingerprint density at radius 1 is 1.20 bits per heavy atom. The molecule has 9 heteroatoms. The molecule has 0 amide bonds. The third-order valence-electron chi connectivity index (χ3n) is 9.30. The molecule has 5 atom stereocenters. The van der Waals surface area contributed by atoms with Gasteiger partial charge in [-0.15, -0.1) is 0 Å². The fourth-order valence-corrected chi connectivity index (χ4v) is 7.30. The average Bonchev–Trinajstić information content (AvgIpc) is 3.22. The van der Waals surface area contributed by atoms with Gasteiger partial charge in [0.2, 0.25) is 5.78 Å². The number of allylic oxidation sites excluding steroid dienone is 1. The minimum absolute atomic E-state index is 0.00379. The van der Waals surface area contributed by atoms with Crippen LogP contribution in [0.1, 0.15) is 45.6 Å². The number of methoxy groups -OCH3 is 1. The summed E-state index contributed by atoms with van der Waals surface area (Å²) in [4.78, 5) is 52.7. The van der Waals surface area contributed by atoms with E-state index >= 15 is 0 Å². The number of rotatable bonds is 8. The Labute approximate surface area is 239 Å². The summed E-state index contributed by atoms with van der Waals surface area (Å²) < 4.78 is 17.2. The lowest BCUT2D eigenvalue weighted by Gasteiger charge is -2.53. The summed E-state index contributed by atoms with van der Waals surface area (Å²) in [6.07, 6.45) is 1.55. The molecular weight excluding hydrogens is 526 g/mol. The van der Waals surface area contributed by atoms with Gasteiger partial charge < -0.3 is 24.6 Å². The monoisotopic (exact) mass is 563 g/mol. The van der Waals surface area contributed by atoms with Crippen molar-refractivity contribution in [2.45, 2.75) is 58.7 Å². The van der Waals surface area contributed by atoms with Gasteiger partial charge in [-0.1, -0.05) is 43.3 Å². The van der Waals surface area contributed by atoms with E-state index in [0.717, 1.165) is 6.42 Å². The van der Waals surface area contributed by atoms with Crippen LogP contribution in [0.3, 0.4) is 0 Å². The highest BCUT2D eigenvalue weighted by Gasteiger charge is 2.64. The van der Waals surface area contributed by atoms with Gasteiger partial charge in [0.05, 0.1) is 17.6 Å². The predicted octanol–water partition coefficient (Wildman–Crippen LogP) is 3.34. The van der Waals surface area contributed by atoms with E-state index in [2.05, 4.69) is 5.32 Å². The number of esters is 2. The first-order valence-electron chi connectivity index (χ1n) is 14.1. The molecule has 41 heavy (non-hydrogen) atoms. The van der Waals surface area contributed by atoms with Crippen LogP contribution in [0.15, 0.2) is 64.5 Å². The molecule has 4 aliphatic rings. The largest absolute Gasteiger partial charge is 0.504 e. The van der Waals surface area contributed by atoms with Crippen molar-refractivity contribution >= 4 is 23.5 Å². The molecule has 2 fully saturated rings. The fourth-order valence-electron chi connectivity index (χ4n) is 7.30. The second kappa shape index (κ2) is 11.0. The number of carbonyl (C=O) groups excluding carboxylic acids is 4. The van der Waals surface area contributed by atoms with Crippen LogP contribution in [0.2, 0.25) is 0 Å². The molecule has 0 spiro atoms. The molecule has 0 bridgehead atoms. The maximum Gasteiger partial charge on any atom is 0.338 e. The van der Waals surface area contributed by atoms with Crippen LogP contribution >= 0.6 is 0 Å². The number of cyclic esters (lactones) is 1. The fraction of sp³-hybridized carbons (Fsp3) is 0.500. The van der Waals surface area contributed by atoms with E-state index in [9.17, 15) is 24.3 Å². The highest BCUT2D eigenvalue weighted by atomic mass is 16.6. The molecular formula is C32H37NO8. The molecule has 1 saturated carbocycles. The summed E-state index contributed by atoms with van der Waals surface area (Å²) in [6.45, 7) is 5.81. The molecule has 0 radical (unpaired) electrons. The lowest BCUT2D eigenvalue weighted by Crippen LogP contribution is -2.57. The lowest BCUT2D eigenvalue weighted by atomic mass is 9.53. The first kappa shape index (κ1) is 29.0. The van der Waals surface area contributed by atoms with Crippen LogP contribution in [0.4, 0.5) is 0 Å². The average molecular weight is 564 g/mol. The van der Waals surface area contributed by atoms with Crippen molar-refractivity contribution in [3.63, 3.8) is 0 Å². The number of ether oxygens (including phenoxy) is 3. The van der Waals surface area contributed by atoms with Crippen molar-refractivity contribution in [3.8, 4) is 0 Å². The molecule has 5 rings (SSSR count). The number of hydrogen-bond donors (Lipinski definition) is 2. The standard InChI is InChI=1S/C32H37NO8/c1-18(34)40-22-16-31(2)21(10-11-23(31)35)25-27(22)32(3)24(17-39-4)41-30(38)20(26(32)29(37)28(25)36)13-15-33-14-12-19-8-6-5-7-9-19/h5-9,13,21-22,24,33,37H,10-12,14-17H2,1-4H3/b20-13-/t21-,22+,24?,31-,32-/m0/s1. The number of fused-ring (bicyclic) bond motifs is 4. The van der Waals surface area contributed by atoms with Gasteiger partial charge in [0.1, 0.15) is 18.0 Å². The molecule has 1 unspecified atom stereocenters. The maximum absolute atomic E-state index is 14.0. The Balaban J connectivity index is 1.57. The second-order valence-corrected chi connectivity index (χ2v) is 11.7. The molecule has 1 saturated heterocycles. The summed E-state index contributed by atoms with van der Waals surface area (Å²) in [5.74, 6) is -2.84. The molecule has 1 aromatic carbocycles. The third-order valence-corrected chi connectivity index (χ3v) is 9.30. The SMILES string of the molecule is COCC1OC(=O)/C(=C\CNCCc2ccccc2)C2=C(O)C(=O)C3=C([C@H](OC(C)=O)C[C@]4(C)C(=O)CC[C@@H]34)[C@]21C. The summed E-state index contributed by atoms with van der Waals surface area (Å²) in [6, 6.07) is 9.98. The van der Waals surface area contributed by atoms with E-state index in [1.54, 1.807) is 19.9 Å². The van der Waals surface area contributed by atoms with Crippen molar-refractivity contribution in [2.75, 3.05) is 26.8 Å². The first-order chi connectivity index (χ1) is 19.5. The van der Waals surface area contributed by atoms with Gasteiger partial charge in [0.15, 0.2) is 5.76 Å². The number of hydrogen-bond acceptors (Lipinski definition) is 9. The number of benzene rings is 1. The summed E-state index contributed by atoms with van der Waals surface area (Å²) in [7, 11) is 1.48. The Morgan fingerprint density at radius 2 is 1.93 bits per heavy atom. The van der Waals surface area contributed by atoms with Crippen LogP contribution in [0.25, 0.3) is 0 Å². The van der Waals surface area contributed by atoms with E-state index in [1.165, 1.54) is 19.6 Å². The zero-order valence-corrected chi connectivity index (χ0v) is 24.0. The minimum atomic E-state index is -1.24. The smallest absolute Gasteiger partial charge is 0.338 e. The van der Waals surface area contributed by atoms with Gasteiger partial charge in [-0.05, 0) is 37.4 Å². The zero-order chi connectivity index (χ0) is 29.5. The Morgan fingerprint density at radius 3 is 2.61 bits per heavy atom. The van der Waals surface area contributed by atoms with Crippen molar-refractivity contribution < 1.29 is 38.5 Å². The van der Waals surface area contributed by atoms with E-state index in [0.29, 0.717) is 37.1 Å². The number of aliphatic hydroxyl groups excluding tert-OH is 1. The van der Waals surface area contributed by atoms with Crippen LogP contribution < -0.4 is 5.32 Å². The normalized spacial score (nSPS) is 32.0. The number of nitrogens with one attached hydrogen (secondary N) is 1. The highest BCUT2D eigenvalue weighted by molar-refractivity contribution is 6.14. The second-order valence-electron chi connectivity index (χ2n) is 11.7. The molecule has 1 aliphatic heterocycles. The summed E-state index contributed by atoms with van der Waals surface area (Å²) in [5, 5.41) is 14.8. The van der Waals surface area contributed by atoms with Crippen LogP contribution in [0.5, 0.6) is 0 Å². The van der Waals surface area contributed by atoms with E-state index < -0.39 is 52.4 Å². The zero-order valence-electron chi connectivity index (χ0n) is 24.0. The molecule has 218 valence electrons. The molecule has 9 nitrogen and oxygen atoms in total. The number of Topliss-reactive ketones (excluding diaryl/α,β-unsaturated/α-hetero) is 2. The van der Waals surface area contributed by atoms with Crippen molar-refractivity contribution in [2.24, 2.45) is 16.7 Å². The quantitative estimate of drug-likeness (QED) is 0.278. The number of ketones is 2. The van der Waals surface area contributed by atoms with Gasteiger partial charge in [-0.3, -0.25) is 14.4 Å². The lowest BCUT2D eigenvalue weighted by molar-refractivity contribution is -0.160.